The quantitative estimate of drug-likeness (QED) is 0.783. The third-order valence-corrected chi connectivity index (χ3v) is 6.15. The van der Waals surface area contributed by atoms with Gasteiger partial charge < -0.3 is 5.11 Å². The molecule has 2 aromatic rings. The topological polar surface area (TPSA) is 40.5 Å². The van der Waals surface area contributed by atoms with Crippen molar-refractivity contribution in [2.45, 2.75) is 37.7 Å². The third kappa shape index (κ3) is 4.20. The maximum absolute atomic E-state index is 11.7. The first-order valence-corrected chi connectivity index (χ1v) is 9.83. The van der Waals surface area contributed by atoms with Crippen molar-refractivity contribution in [1.29, 1.82) is 0 Å². The van der Waals surface area contributed by atoms with E-state index in [9.17, 15) is 9.90 Å². The molecule has 25 heavy (non-hydrogen) atoms. The lowest BCUT2D eigenvalue weighted by atomic mass is 10.0. The summed E-state index contributed by atoms with van der Waals surface area (Å²) in [4.78, 5) is 13.8. The van der Waals surface area contributed by atoms with Gasteiger partial charge in [-0.05, 0) is 34.7 Å². The van der Waals surface area contributed by atoms with Crippen molar-refractivity contribution in [2.75, 3.05) is 5.75 Å². The third-order valence-electron chi connectivity index (χ3n) is 4.54. The summed E-state index contributed by atoms with van der Waals surface area (Å²) in [6.45, 7) is 4.95. The highest BCUT2D eigenvalue weighted by atomic mass is 35.5. The van der Waals surface area contributed by atoms with Crippen LogP contribution in [0.25, 0.3) is 0 Å². The molecule has 1 aliphatic heterocycles. The van der Waals surface area contributed by atoms with Crippen LogP contribution >= 0.6 is 23.4 Å². The van der Waals surface area contributed by atoms with Crippen LogP contribution in [0.3, 0.4) is 0 Å². The second kappa shape index (κ2) is 7.81. The highest BCUT2D eigenvalue weighted by Gasteiger charge is 2.39. The number of carboxylic acids is 1. The average Bonchev–Trinajstić information content (AvgIpc) is 2.99. The molecule has 1 saturated heterocycles. The van der Waals surface area contributed by atoms with Crippen LogP contribution in [0, 0.1) is 0 Å². The van der Waals surface area contributed by atoms with E-state index in [0.29, 0.717) is 23.2 Å². The molecule has 5 heteroatoms. The van der Waals surface area contributed by atoms with Crippen LogP contribution in [-0.2, 0) is 11.3 Å². The second-order valence-corrected chi connectivity index (χ2v) is 8.21. The lowest BCUT2D eigenvalue weighted by molar-refractivity contribution is -0.142. The van der Waals surface area contributed by atoms with Crippen molar-refractivity contribution < 1.29 is 9.90 Å². The number of thioether (sulfide) groups is 1. The molecule has 1 fully saturated rings. The van der Waals surface area contributed by atoms with Gasteiger partial charge in [0, 0.05) is 17.3 Å². The molecule has 1 heterocycles. The molecule has 132 valence electrons. The highest BCUT2D eigenvalue weighted by molar-refractivity contribution is 7.99. The lowest BCUT2D eigenvalue weighted by Gasteiger charge is -2.27. The first kappa shape index (κ1) is 18.3. The van der Waals surface area contributed by atoms with Gasteiger partial charge in [-0.25, -0.2) is 0 Å². The van der Waals surface area contributed by atoms with Crippen LogP contribution in [0.15, 0.2) is 48.5 Å². The Morgan fingerprint density at radius 3 is 2.60 bits per heavy atom. The molecule has 1 N–H and O–H groups in total. The Kier molecular flexibility index (Phi) is 5.72. The summed E-state index contributed by atoms with van der Waals surface area (Å²) in [5.74, 6) is 0.301. The Hall–Kier alpha value is -1.49. The number of hydrogen-bond acceptors (Lipinski definition) is 3. The Morgan fingerprint density at radius 2 is 2.00 bits per heavy atom. The summed E-state index contributed by atoms with van der Waals surface area (Å²) in [6, 6.07) is 15.7. The largest absolute Gasteiger partial charge is 0.480 e. The summed E-state index contributed by atoms with van der Waals surface area (Å²) in [5.41, 5.74) is 3.48. The van der Waals surface area contributed by atoms with Crippen molar-refractivity contribution in [1.82, 2.24) is 4.90 Å². The van der Waals surface area contributed by atoms with E-state index < -0.39 is 12.0 Å². The van der Waals surface area contributed by atoms with E-state index in [2.05, 4.69) is 43.0 Å². The van der Waals surface area contributed by atoms with E-state index in [4.69, 9.17) is 11.6 Å². The van der Waals surface area contributed by atoms with Gasteiger partial charge in [0.15, 0.2) is 0 Å². The summed E-state index contributed by atoms with van der Waals surface area (Å²) in [5, 5.41) is 10.3. The highest BCUT2D eigenvalue weighted by Crippen LogP contribution is 2.42. The minimum Gasteiger partial charge on any atom is -0.480 e. The van der Waals surface area contributed by atoms with E-state index >= 15 is 0 Å². The number of halogens is 1. The van der Waals surface area contributed by atoms with Crippen LogP contribution in [0.2, 0.25) is 5.02 Å². The van der Waals surface area contributed by atoms with Crippen LogP contribution in [0.5, 0.6) is 0 Å². The van der Waals surface area contributed by atoms with Gasteiger partial charge in [-0.2, -0.15) is 0 Å². The molecule has 0 aromatic heterocycles. The van der Waals surface area contributed by atoms with Crippen molar-refractivity contribution in [2.24, 2.45) is 0 Å². The standard InChI is InChI=1S/C20H22ClNO2S/c1-13(2)15-8-6-14(7-9-15)11-22-18(20(23)24)12-25-19(22)16-4-3-5-17(21)10-16/h3-10,13,18-19H,11-12H2,1-2H3,(H,23,24). The Balaban J connectivity index is 1.86. The van der Waals surface area contributed by atoms with E-state index in [-0.39, 0.29) is 5.37 Å². The second-order valence-electron chi connectivity index (χ2n) is 6.66. The number of benzene rings is 2. The van der Waals surface area contributed by atoms with Gasteiger partial charge in [0.1, 0.15) is 6.04 Å². The molecule has 3 nitrogen and oxygen atoms in total. The molecule has 0 radical (unpaired) electrons. The molecule has 0 spiro atoms. The van der Waals surface area contributed by atoms with Crippen LogP contribution < -0.4 is 0 Å². The van der Waals surface area contributed by atoms with Crippen molar-refractivity contribution >= 4 is 29.3 Å². The van der Waals surface area contributed by atoms with E-state index in [1.165, 1.54) is 5.56 Å². The molecule has 2 aromatic carbocycles. The first-order chi connectivity index (χ1) is 12.0. The van der Waals surface area contributed by atoms with Gasteiger partial charge >= 0.3 is 5.97 Å². The first-order valence-electron chi connectivity index (χ1n) is 8.40. The van der Waals surface area contributed by atoms with Crippen LogP contribution in [0.4, 0.5) is 0 Å². The van der Waals surface area contributed by atoms with Crippen molar-refractivity contribution in [3.63, 3.8) is 0 Å². The lowest BCUT2D eigenvalue weighted by Crippen LogP contribution is -2.38. The number of carbonyl (C=O) groups is 1. The predicted molar refractivity (Wildman–Crippen MR) is 104 cm³/mol. The maximum atomic E-state index is 11.7. The van der Waals surface area contributed by atoms with Gasteiger partial charge in [-0.1, -0.05) is 61.8 Å². The van der Waals surface area contributed by atoms with E-state index in [1.807, 2.05) is 24.3 Å². The number of hydrogen-bond donors (Lipinski definition) is 1. The molecule has 1 aliphatic rings. The summed E-state index contributed by atoms with van der Waals surface area (Å²) in [7, 11) is 0. The number of rotatable bonds is 5. The molecule has 0 bridgehead atoms. The fourth-order valence-electron chi connectivity index (χ4n) is 3.11. The predicted octanol–water partition coefficient (Wildman–Crippen LogP) is 5.16. The molecule has 2 atom stereocenters. The summed E-state index contributed by atoms with van der Waals surface area (Å²) < 4.78 is 0. The number of aliphatic carboxylic acids is 1. The zero-order valence-electron chi connectivity index (χ0n) is 14.4. The molecule has 0 amide bonds. The van der Waals surface area contributed by atoms with E-state index in [0.717, 1.165) is 11.1 Å². The van der Waals surface area contributed by atoms with Gasteiger partial charge in [0.2, 0.25) is 0 Å². The van der Waals surface area contributed by atoms with Gasteiger partial charge in [0.05, 0.1) is 5.37 Å². The molecule has 0 saturated carbocycles. The fraction of sp³-hybridized carbons (Fsp3) is 0.350. The minimum absolute atomic E-state index is 0.00424. The van der Waals surface area contributed by atoms with Gasteiger partial charge in [-0.15, -0.1) is 11.8 Å². The maximum Gasteiger partial charge on any atom is 0.321 e. The zero-order valence-corrected chi connectivity index (χ0v) is 15.9. The summed E-state index contributed by atoms with van der Waals surface area (Å²) >= 11 is 7.80. The molecular weight excluding hydrogens is 354 g/mol. The Bertz CT molecular complexity index is 748. The van der Waals surface area contributed by atoms with E-state index in [1.54, 1.807) is 11.8 Å². The Labute approximate surface area is 158 Å². The molecule has 2 unspecified atom stereocenters. The number of nitrogens with zero attached hydrogens (tertiary/aromatic N) is 1. The molecule has 3 rings (SSSR count). The van der Waals surface area contributed by atoms with Crippen molar-refractivity contribution in [3.05, 3.63) is 70.2 Å². The molecular formula is C20H22ClNO2S. The minimum atomic E-state index is -0.768. The normalized spacial score (nSPS) is 21.0. The molecule has 0 aliphatic carbocycles. The van der Waals surface area contributed by atoms with Crippen LogP contribution in [0.1, 0.15) is 41.8 Å². The van der Waals surface area contributed by atoms with Crippen LogP contribution in [-0.4, -0.2) is 27.8 Å². The zero-order chi connectivity index (χ0) is 18.0. The van der Waals surface area contributed by atoms with Gasteiger partial charge in [0.25, 0.3) is 0 Å². The SMILES string of the molecule is CC(C)c1ccc(CN2C(C(=O)O)CSC2c2cccc(Cl)c2)cc1. The smallest absolute Gasteiger partial charge is 0.321 e. The monoisotopic (exact) mass is 375 g/mol. The average molecular weight is 376 g/mol. The fourth-order valence-corrected chi connectivity index (χ4v) is 4.76. The van der Waals surface area contributed by atoms with Gasteiger partial charge in [-0.3, -0.25) is 9.69 Å². The summed E-state index contributed by atoms with van der Waals surface area (Å²) in [6.07, 6.45) is 0. The Morgan fingerprint density at radius 1 is 1.28 bits per heavy atom. The number of carboxylic acid groups (broad SMARTS) is 1. The van der Waals surface area contributed by atoms with Crippen molar-refractivity contribution in [3.8, 4) is 0 Å².